The zero-order chi connectivity index (χ0) is 17.1. The van der Waals surface area contributed by atoms with Crippen LogP contribution < -0.4 is 5.32 Å². The van der Waals surface area contributed by atoms with Crippen LogP contribution in [0, 0.1) is 10.1 Å². The molecule has 8 heteroatoms. The van der Waals surface area contributed by atoms with Gasteiger partial charge in [-0.2, -0.15) is 10.1 Å². The number of imide groups is 1. The summed E-state index contributed by atoms with van der Waals surface area (Å²) in [5.41, 5.74) is 1.17. The fourth-order valence-corrected chi connectivity index (χ4v) is 2.32. The number of carbonyl (C=O) groups is 2. The van der Waals surface area contributed by atoms with E-state index >= 15 is 0 Å². The van der Waals surface area contributed by atoms with E-state index in [9.17, 15) is 19.7 Å². The van der Waals surface area contributed by atoms with E-state index in [0.717, 1.165) is 5.01 Å². The number of hydrogen-bond acceptors (Lipinski definition) is 5. The van der Waals surface area contributed by atoms with Crippen LogP contribution in [-0.2, 0) is 4.79 Å². The second kappa shape index (κ2) is 6.29. The smallest absolute Gasteiger partial charge is 0.274 e. The molecule has 1 atom stereocenters. The molecule has 0 bridgehead atoms. The highest BCUT2D eigenvalue weighted by atomic mass is 16.6. The molecule has 0 aromatic heterocycles. The lowest BCUT2D eigenvalue weighted by Gasteiger charge is -2.16. The summed E-state index contributed by atoms with van der Waals surface area (Å²) in [7, 11) is 0. The largest absolute Gasteiger partial charge is 0.345 e. The third-order valence-corrected chi connectivity index (χ3v) is 3.48. The number of nitrogens with one attached hydrogen (secondary N) is 1. The molecule has 1 N–H and O–H groups in total. The molecule has 24 heavy (non-hydrogen) atoms. The Bertz CT molecular complexity index is 818. The maximum absolute atomic E-state index is 12.0. The van der Waals surface area contributed by atoms with E-state index in [0.29, 0.717) is 11.1 Å². The number of non-ortho nitro benzene ring substituents is 1. The predicted octanol–water partition coefficient (Wildman–Crippen LogP) is 2.22. The van der Waals surface area contributed by atoms with Crippen LogP contribution in [0.3, 0.4) is 0 Å². The van der Waals surface area contributed by atoms with E-state index < -0.39 is 22.9 Å². The summed E-state index contributed by atoms with van der Waals surface area (Å²) >= 11 is 0. The van der Waals surface area contributed by atoms with Crippen molar-refractivity contribution in [1.82, 2.24) is 10.3 Å². The Morgan fingerprint density at radius 1 is 1.08 bits per heavy atom. The Labute approximate surface area is 136 Å². The molecule has 2 aromatic carbocycles. The number of rotatable bonds is 4. The monoisotopic (exact) mass is 324 g/mol. The SMILES string of the molecule is O=C1NC(=O)N(/N=C/c2ccc([N+](=O)[O-])cc2)C1c1ccccc1. The minimum Gasteiger partial charge on any atom is -0.274 e. The standard InChI is InChI=1S/C16H12N4O4/c21-15-14(12-4-2-1-3-5-12)19(16(22)18-15)17-10-11-6-8-13(9-7-11)20(23)24/h1-10,14H,(H,18,21,22)/b17-10+. The summed E-state index contributed by atoms with van der Waals surface area (Å²) in [6.07, 6.45) is 1.37. The van der Waals surface area contributed by atoms with E-state index in [2.05, 4.69) is 10.4 Å². The first kappa shape index (κ1) is 15.3. The number of urea groups is 1. The molecule has 0 spiro atoms. The molecule has 120 valence electrons. The van der Waals surface area contributed by atoms with Gasteiger partial charge >= 0.3 is 6.03 Å². The summed E-state index contributed by atoms with van der Waals surface area (Å²) in [5, 5.41) is 18.0. The number of nitro benzene ring substituents is 1. The van der Waals surface area contributed by atoms with Crippen LogP contribution in [0.2, 0.25) is 0 Å². The topological polar surface area (TPSA) is 105 Å². The van der Waals surface area contributed by atoms with E-state index in [1.165, 1.54) is 30.5 Å². The van der Waals surface area contributed by atoms with Crippen molar-refractivity contribution >= 4 is 23.8 Å². The van der Waals surface area contributed by atoms with Crippen molar-refractivity contribution in [3.63, 3.8) is 0 Å². The molecule has 8 nitrogen and oxygen atoms in total. The number of hydrazone groups is 1. The fraction of sp³-hybridized carbons (Fsp3) is 0.0625. The second-order valence-electron chi connectivity index (χ2n) is 5.05. The first-order valence-electron chi connectivity index (χ1n) is 7.04. The first-order valence-corrected chi connectivity index (χ1v) is 7.04. The molecule has 1 fully saturated rings. The molecule has 0 aliphatic carbocycles. The Morgan fingerprint density at radius 2 is 1.75 bits per heavy atom. The molecular weight excluding hydrogens is 312 g/mol. The maximum Gasteiger partial charge on any atom is 0.345 e. The van der Waals surface area contributed by atoms with Gasteiger partial charge in [-0.05, 0) is 23.3 Å². The van der Waals surface area contributed by atoms with Crippen molar-refractivity contribution in [2.45, 2.75) is 6.04 Å². The highest BCUT2D eigenvalue weighted by molar-refractivity contribution is 6.04. The number of nitrogens with zero attached hydrogens (tertiary/aromatic N) is 3. The average molecular weight is 324 g/mol. The molecule has 0 saturated carbocycles. The highest BCUT2D eigenvalue weighted by Crippen LogP contribution is 2.25. The minimum absolute atomic E-state index is 0.0385. The van der Waals surface area contributed by atoms with Gasteiger partial charge in [0.25, 0.3) is 11.6 Å². The van der Waals surface area contributed by atoms with E-state index in [-0.39, 0.29) is 5.69 Å². The Hall–Kier alpha value is -3.55. The molecule has 1 aliphatic rings. The van der Waals surface area contributed by atoms with Crippen LogP contribution in [0.4, 0.5) is 10.5 Å². The van der Waals surface area contributed by atoms with Gasteiger partial charge in [-0.3, -0.25) is 20.2 Å². The van der Waals surface area contributed by atoms with Gasteiger partial charge in [0.2, 0.25) is 0 Å². The molecule has 2 aromatic rings. The highest BCUT2D eigenvalue weighted by Gasteiger charge is 2.39. The van der Waals surface area contributed by atoms with Gasteiger partial charge in [0.1, 0.15) is 0 Å². The predicted molar refractivity (Wildman–Crippen MR) is 85.3 cm³/mol. The number of carbonyl (C=O) groups excluding carboxylic acids is 2. The van der Waals surface area contributed by atoms with Crippen LogP contribution in [0.1, 0.15) is 17.2 Å². The van der Waals surface area contributed by atoms with Gasteiger partial charge in [0.15, 0.2) is 6.04 Å². The van der Waals surface area contributed by atoms with Crippen LogP contribution in [-0.4, -0.2) is 28.1 Å². The van der Waals surface area contributed by atoms with Crippen LogP contribution >= 0.6 is 0 Å². The van der Waals surface area contributed by atoms with Crippen molar-refractivity contribution in [3.8, 4) is 0 Å². The third kappa shape index (κ3) is 2.98. The van der Waals surface area contributed by atoms with Gasteiger partial charge in [0, 0.05) is 12.1 Å². The van der Waals surface area contributed by atoms with Gasteiger partial charge in [-0.25, -0.2) is 4.79 Å². The second-order valence-corrected chi connectivity index (χ2v) is 5.05. The van der Waals surface area contributed by atoms with Crippen molar-refractivity contribution in [2.24, 2.45) is 5.10 Å². The van der Waals surface area contributed by atoms with Crippen LogP contribution in [0.5, 0.6) is 0 Å². The van der Waals surface area contributed by atoms with Crippen molar-refractivity contribution < 1.29 is 14.5 Å². The normalized spacial score (nSPS) is 17.3. The number of benzene rings is 2. The molecule has 1 saturated heterocycles. The summed E-state index contributed by atoms with van der Waals surface area (Å²) in [5.74, 6) is -0.452. The van der Waals surface area contributed by atoms with Crippen LogP contribution in [0.25, 0.3) is 0 Å². The van der Waals surface area contributed by atoms with E-state index in [1.54, 1.807) is 24.3 Å². The molecule has 1 heterocycles. The molecule has 1 unspecified atom stereocenters. The zero-order valence-electron chi connectivity index (χ0n) is 12.3. The Balaban J connectivity index is 1.85. The van der Waals surface area contributed by atoms with Crippen LogP contribution in [0.15, 0.2) is 59.7 Å². The first-order chi connectivity index (χ1) is 11.6. The van der Waals surface area contributed by atoms with Crippen molar-refractivity contribution in [1.29, 1.82) is 0 Å². The fourth-order valence-electron chi connectivity index (χ4n) is 2.32. The van der Waals surface area contributed by atoms with Crippen molar-refractivity contribution in [2.75, 3.05) is 0 Å². The quantitative estimate of drug-likeness (QED) is 0.403. The summed E-state index contributed by atoms with van der Waals surface area (Å²) in [6.45, 7) is 0. The molecule has 3 rings (SSSR count). The third-order valence-electron chi connectivity index (χ3n) is 3.48. The Kier molecular flexibility index (Phi) is 4.02. The Morgan fingerprint density at radius 3 is 2.38 bits per heavy atom. The van der Waals surface area contributed by atoms with Gasteiger partial charge in [0.05, 0.1) is 11.1 Å². The number of amides is 3. The number of hydrogen-bond donors (Lipinski definition) is 1. The lowest BCUT2D eigenvalue weighted by atomic mass is 10.1. The van der Waals surface area contributed by atoms with Gasteiger partial charge < -0.3 is 0 Å². The summed E-state index contributed by atoms with van der Waals surface area (Å²) in [6, 6.07) is 13.0. The molecule has 1 aliphatic heterocycles. The average Bonchev–Trinajstić information content (AvgIpc) is 2.87. The number of nitro groups is 1. The van der Waals surface area contributed by atoms with Gasteiger partial charge in [-0.1, -0.05) is 30.3 Å². The van der Waals surface area contributed by atoms with E-state index in [1.807, 2.05) is 6.07 Å². The summed E-state index contributed by atoms with van der Waals surface area (Å²) in [4.78, 5) is 34.1. The van der Waals surface area contributed by atoms with Gasteiger partial charge in [-0.15, -0.1) is 0 Å². The minimum atomic E-state index is -0.840. The van der Waals surface area contributed by atoms with E-state index in [4.69, 9.17) is 0 Å². The molecule has 3 amide bonds. The van der Waals surface area contributed by atoms with Crippen molar-refractivity contribution in [3.05, 3.63) is 75.8 Å². The lowest BCUT2D eigenvalue weighted by molar-refractivity contribution is -0.384. The molecular formula is C16H12N4O4. The molecule has 0 radical (unpaired) electrons. The lowest BCUT2D eigenvalue weighted by Crippen LogP contribution is -2.24. The summed E-state index contributed by atoms with van der Waals surface area (Å²) < 4.78 is 0. The zero-order valence-corrected chi connectivity index (χ0v) is 12.3. The maximum atomic E-state index is 12.0.